The van der Waals surface area contributed by atoms with E-state index in [1.165, 1.54) is 28.7 Å². The van der Waals surface area contributed by atoms with Gasteiger partial charge in [-0.15, -0.1) is 10.2 Å². The fraction of sp³-hybridized carbons (Fsp3) is 0.500. The Labute approximate surface area is 162 Å². The van der Waals surface area contributed by atoms with E-state index in [0.29, 0.717) is 5.75 Å². The lowest BCUT2D eigenvalue weighted by Crippen LogP contribution is -2.18. The topological polar surface area (TPSA) is 76.1 Å². The van der Waals surface area contributed by atoms with Crippen molar-refractivity contribution < 1.29 is 9.53 Å². The van der Waals surface area contributed by atoms with Crippen LogP contribution in [0.4, 0.5) is 10.8 Å². The highest BCUT2D eigenvalue weighted by atomic mass is 32.2. The first-order valence-electron chi connectivity index (χ1n) is 8.93. The third-order valence-corrected chi connectivity index (χ3v) is 6.03. The number of aromatic nitrogens is 2. The summed E-state index contributed by atoms with van der Waals surface area (Å²) in [6.07, 6.45) is 4.66. The number of carbonyl (C=O) groups excluding carboxylic acids is 1. The van der Waals surface area contributed by atoms with E-state index < -0.39 is 0 Å². The lowest BCUT2D eigenvalue weighted by molar-refractivity contribution is -0.113. The predicted molar refractivity (Wildman–Crippen MR) is 107 cm³/mol. The molecule has 1 atom stereocenters. The van der Waals surface area contributed by atoms with Crippen molar-refractivity contribution in [3.05, 3.63) is 29.8 Å². The van der Waals surface area contributed by atoms with Gasteiger partial charge in [-0.3, -0.25) is 4.79 Å². The van der Waals surface area contributed by atoms with Gasteiger partial charge in [-0.05, 0) is 37.0 Å². The highest BCUT2D eigenvalue weighted by Crippen LogP contribution is 2.26. The second-order valence-corrected chi connectivity index (χ2v) is 8.37. The Kier molecular flexibility index (Phi) is 7.28. The van der Waals surface area contributed by atoms with Crippen LogP contribution in [-0.2, 0) is 16.0 Å². The minimum Gasteiger partial charge on any atom is -0.376 e. The van der Waals surface area contributed by atoms with Crippen LogP contribution in [0, 0.1) is 0 Å². The largest absolute Gasteiger partial charge is 0.376 e. The zero-order valence-electron chi connectivity index (χ0n) is 14.9. The molecule has 0 spiro atoms. The number of carbonyl (C=O) groups is 1. The van der Waals surface area contributed by atoms with Gasteiger partial charge in [-0.2, -0.15) is 0 Å². The minimum atomic E-state index is -0.0395. The van der Waals surface area contributed by atoms with E-state index in [2.05, 4.69) is 39.9 Å². The van der Waals surface area contributed by atoms with Crippen LogP contribution < -0.4 is 10.6 Å². The van der Waals surface area contributed by atoms with E-state index in [-0.39, 0.29) is 12.0 Å². The summed E-state index contributed by atoms with van der Waals surface area (Å²) in [4.78, 5) is 12.1. The standard InChI is InChI=1S/C18H24N4O2S2/c1-2-4-13-6-8-14(9-7-13)20-16(23)12-25-18-22-21-17(26-18)19-11-15-5-3-10-24-15/h6-9,15H,2-5,10-12H2,1H3,(H,19,21)(H,20,23). The lowest BCUT2D eigenvalue weighted by Gasteiger charge is -2.08. The van der Waals surface area contributed by atoms with Gasteiger partial charge in [0, 0.05) is 18.8 Å². The molecular formula is C18H24N4O2S2. The first-order valence-corrected chi connectivity index (χ1v) is 10.7. The average molecular weight is 393 g/mol. The smallest absolute Gasteiger partial charge is 0.234 e. The Balaban J connectivity index is 1.39. The molecule has 1 aliphatic rings. The van der Waals surface area contributed by atoms with Gasteiger partial charge in [0.1, 0.15) is 0 Å². The molecule has 8 heteroatoms. The van der Waals surface area contributed by atoms with Crippen molar-refractivity contribution in [3.63, 3.8) is 0 Å². The van der Waals surface area contributed by atoms with Crippen molar-refractivity contribution in [2.45, 2.75) is 43.1 Å². The first kappa shape index (κ1) is 19.1. The number of benzene rings is 1. The fourth-order valence-electron chi connectivity index (χ4n) is 2.71. The fourth-order valence-corrected chi connectivity index (χ4v) is 4.27. The molecule has 0 saturated carbocycles. The summed E-state index contributed by atoms with van der Waals surface area (Å²) in [5.74, 6) is 0.277. The number of anilines is 2. The minimum absolute atomic E-state index is 0.0395. The van der Waals surface area contributed by atoms with Crippen LogP contribution in [0.15, 0.2) is 28.6 Å². The maximum absolute atomic E-state index is 12.1. The molecule has 0 aliphatic carbocycles. The van der Waals surface area contributed by atoms with Crippen molar-refractivity contribution in [2.75, 3.05) is 29.5 Å². The second kappa shape index (κ2) is 9.89. The molecule has 1 saturated heterocycles. The van der Waals surface area contributed by atoms with Gasteiger partial charge in [0.15, 0.2) is 4.34 Å². The quantitative estimate of drug-likeness (QED) is 0.632. The molecule has 2 aromatic rings. The molecule has 6 nitrogen and oxygen atoms in total. The molecule has 1 amide bonds. The SMILES string of the molecule is CCCc1ccc(NC(=O)CSc2nnc(NCC3CCCO3)s2)cc1. The molecule has 1 aromatic carbocycles. The van der Waals surface area contributed by atoms with Crippen LogP contribution in [-0.4, -0.2) is 41.1 Å². The third-order valence-electron chi connectivity index (χ3n) is 4.01. The number of nitrogens with one attached hydrogen (secondary N) is 2. The molecule has 2 heterocycles. The van der Waals surface area contributed by atoms with Gasteiger partial charge in [0.25, 0.3) is 0 Å². The lowest BCUT2D eigenvalue weighted by atomic mass is 10.1. The molecule has 0 radical (unpaired) electrons. The van der Waals surface area contributed by atoms with Crippen LogP contribution in [0.3, 0.4) is 0 Å². The van der Waals surface area contributed by atoms with E-state index in [9.17, 15) is 4.79 Å². The number of aryl methyl sites for hydroxylation is 1. The maximum atomic E-state index is 12.1. The molecule has 1 fully saturated rings. The second-order valence-electron chi connectivity index (χ2n) is 6.17. The van der Waals surface area contributed by atoms with Crippen molar-refractivity contribution in [2.24, 2.45) is 0 Å². The van der Waals surface area contributed by atoms with E-state index in [1.54, 1.807) is 0 Å². The summed E-state index contributed by atoms with van der Waals surface area (Å²) < 4.78 is 6.36. The van der Waals surface area contributed by atoms with Crippen LogP contribution in [0.5, 0.6) is 0 Å². The first-order chi connectivity index (χ1) is 12.7. The Morgan fingerprint density at radius 2 is 2.19 bits per heavy atom. The van der Waals surface area contributed by atoms with Gasteiger partial charge < -0.3 is 15.4 Å². The highest BCUT2D eigenvalue weighted by Gasteiger charge is 2.16. The van der Waals surface area contributed by atoms with Gasteiger partial charge >= 0.3 is 0 Å². The van der Waals surface area contributed by atoms with Gasteiger partial charge in [-0.25, -0.2) is 0 Å². The van der Waals surface area contributed by atoms with Crippen LogP contribution in [0.1, 0.15) is 31.7 Å². The van der Waals surface area contributed by atoms with Crippen molar-refractivity contribution in [3.8, 4) is 0 Å². The number of nitrogens with zero attached hydrogens (tertiary/aromatic N) is 2. The summed E-state index contributed by atoms with van der Waals surface area (Å²) in [6.45, 7) is 3.76. The average Bonchev–Trinajstić information content (AvgIpc) is 3.32. The summed E-state index contributed by atoms with van der Waals surface area (Å²) >= 11 is 2.87. The summed E-state index contributed by atoms with van der Waals surface area (Å²) in [5.41, 5.74) is 2.11. The van der Waals surface area contributed by atoms with Crippen molar-refractivity contribution in [1.29, 1.82) is 0 Å². The van der Waals surface area contributed by atoms with Crippen LogP contribution >= 0.6 is 23.1 Å². The van der Waals surface area contributed by atoms with Crippen LogP contribution in [0.25, 0.3) is 0 Å². The normalized spacial score (nSPS) is 16.6. The molecule has 1 unspecified atom stereocenters. The molecule has 1 aliphatic heterocycles. The predicted octanol–water partition coefficient (Wildman–Crippen LogP) is 3.81. The van der Waals surface area contributed by atoms with Gasteiger partial charge in [0.2, 0.25) is 11.0 Å². The molecule has 2 N–H and O–H groups in total. The number of hydrogen-bond donors (Lipinski definition) is 2. The number of thioether (sulfide) groups is 1. The maximum Gasteiger partial charge on any atom is 0.234 e. The van der Waals surface area contributed by atoms with Gasteiger partial charge in [0.05, 0.1) is 11.9 Å². The van der Waals surface area contributed by atoms with E-state index >= 15 is 0 Å². The molecule has 140 valence electrons. The number of amides is 1. The number of rotatable bonds is 9. The Morgan fingerprint density at radius 1 is 1.35 bits per heavy atom. The Hall–Kier alpha value is -1.64. The highest BCUT2D eigenvalue weighted by molar-refractivity contribution is 8.01. The third kappa shape index (κ3) is 5.96. The summed E-state index contributed by atoms with van der Waals surface area (Å²) in [5, 5.41) is 15.2. The van der Waals surface area contributed by atoms with E-state index in [1.807, 2.05) is 12.1 Å². The van der Waals surface area contributed by atoms with Crippen molar-refractivity contribution in [1.82, 2.24) is 10.2 Å². The molecule has 1 aromatic heterocycles. The summed E-state index contributed by atoms with van der Waals surface area (Å²) in [7, 11) is 0. The zero-order valence-corrected chi connectivity index (χ0v) is 16.5. The molecular weight excluding hydrogens is 368 g/mol. The van der Waals surface area contributed by atoms with Gasteiger partial charge in [-0.1, -0.05) is 48.6 Å². The monoisotopic (exact) mass is 392 g/mol. The van der Waals surface area contributed by atoms with Crippen molar-refractivity contribution >= 4 is 39.8 Å². The number of ether oxygens (including phenoxy) is 1. The van der Waals surface area contributed by atoms with E-state index in [0.717, 1.165) is 54.0 Å². The molecule has 0 bridgehead atoms. The summed E-state index contributed by atoms with van der Waals surface area (Å²) in [6, 6.07) is 8.02. The van der Waals surface area contributed by atoms with E-state index in [4.69, 9.17) is 4.74 Å². The zero-order chi connectivity index (χ0) is 18.2. The Morgan fingerprint density at radius 3 is 2.92 bits per heavy atom. The van der Waals surface area contributed by atoms with Crippen LogP contribution in [0.2, 0.25) is 0 Å². The molecule has 3 rings (SSSR count). The number of hydrogen-bond acceptors (Lipinski definition) is 7. The molecule has 26 heavy (non-hydrogen) atoms. The Bertz CT molecular complexity index is 699.